The molecule has 0 spiro atoms. The number of nitrogens with one attached hydrogen (secondary N) is 1. The Kier molecular flexibility index (Phi) is 5.70. The number of nitriles is 1. The highest BCUT2D eigenvalue weighted by atomic mass is 16.1. The standard InChI is InChI=1S/C14H23N3O/c1-11(2)9-16-14(18)13(8-15)10-17-7-5-4-6-12(17)3/h10-12H,4-7,9H2,1-3H3,(H,16,18)/b13-10-. The summed E-state index contributed by atoms with van der Waals surface area (Å²) in [6, 6.07) is 2.42. The number of hydrogen-bond donors (Lipinski definition) is 1. The van der Waals surface area contributed by atoms with E-state index in [1.807, 2.05) is 19.9 Å². The maximum absolute atomic E-state index is 11.8. The van der Waals surface area contributed by atoms with Crippen molar-refractivity contribution in [3.05, 3.63) is 11.8 Å². The summed E-state index contributed by atoms with van der Waals surface area (Å²) in [7, 11) is 0. The van der Waals surface area contributed by atoms with Crippen molar-refractivity contribution >= 4 is 5.91 Å². The molecular formula is C14H23N3O. The van der Waals surface area contributed by atoms with Gasteiger partial charge in [-0.15, -0.1) is 0 Å². The molecule has 0 aromatic carbocycles. The summed E-state index contributed by atoms with van der Waals surface area (Å²) in [4.78, 5) is 13.9. The summed E-state index contributed by atoms with van der Waals surface area (Å²) in [6.45, 7) is 7.74. The Labute approximate surface area is 110 Å². The first-order chi connectivity index (χ1) is 8.54. The van der Waals surface area contributed by atoms with E-state index >= 15 is 0 Å². The van der Waals surface area contributed by atoms with Gasteiger partial charge in [0.2, 0.25) is 0 Å². The molecule has 1 atom stereocenters. The highest BCUT2D eigenvalue weighted by Crippen LogP contribution is 2.17. The predicted octanol–water partition coefficient (Wildman–Crippen LogP) is 2.04. The molecule has 1 amide bonds. The van der Waals surface area contributed by atoms with Gasteiger partial charge < -0.3 is 10.2 Å². The predicted molar refractivity (Wildman–Crippen MR) is 71.6 cm³/mol. The number of hydrogen-bond acceptors (Lipinski definition) is 3. The van der Waals surface area contributed by atoms with Crippen LogP contribution in [0.15, 0.2) is 11.8 Å². The van der Waals surface area contributed by atoms with E-state index in [0.29, 0.717) is 18.5 Å². The molecule has 4 heteroatoms. The number of carbonyl (C=O) groups is 1. The van der Waals surface area contributed by atoms with Gasteiger partial charge in [-0.3, -0.25) is 4.79 Å². The molecule has 1 heterocycles. The summed E-state index contributed by atoms with van der Waals surface area (Å²) in [6.07, 6.45) is 5.21. The topological polar surface area (TPSA) is 56.1 Å². The molecule has 0 aliphatic carbocycles. The second-order valence-corrected chi connectivity index (χ2v) is 5.34. The van der Waals surface area contributed by atoms with E-state index < -0.39 is 0 Å². The molecule has 1 unspecified atom stereocenters. The van der Waals surface area contributed by atoms with Gasteiger partial charge in [0.1, 0.15) is 11.6 Å². The van der Waals surface area contributed by atoms with Crippen molar-refractivity contribution in [2.45, 2.75) is 46.1 Å². The lowest BCUT2D eigenvalue weighted by molar-refractivity contribution is -0.117. The first-order valence-electron chi connectivity index (χ1n) is 6.70. The number of carbonyl (C=O) groups excluding carboxylic acids is 1. The molecule has 1 N–H and O–H groups in total. The van der Waals surface area contributed by atoms with Crippen molar-refractivity contribution in [2.75, 3.05) is 13.1 Å². The molecule has 0 bridgehead atoms. The van der Waals surface area contributed by atoms with Crippen LogP contribution < -0.4 is 5.32 Å². The molecule has 1 fully saturated rings. The minimum atomic E-state index is -0.260. The zero-order chi connectivity index (χ0) is 13.5. The second-order valence-electron chi connectivity index (χ2n) is 5.34. The third-order valence-electron chi connectivity index (χ3n) is 3.19. The Balaban J connectivity index is 2.64. The van der Waals surface area contributed by atoms with Gasteiger partial charge in [0, 0.05) is 25.3 Å². The summed E-state index contributed by atoms with van der Waals surface area (Å²) in [5.74, 6) is 0.131. The molecule has 0 aromatic heterocycles. The Morgan fingerprint density at radius 2 is 2.28 bits per heavy atom. The molecule has 1 rings (SSSR count). The number of amides is 1. The fraction of sp³-hybridized carbons (Fsp3) is 0.714. The van der Waals surface area contributed by atoms with Crippen LogP contribution >= 0.6 is 0 Å². The van der Waals surface area contributed by atoms with Crippen molar-refractivity contribution in [3.63, 3.8) is 0 Å². The monoisotopic (exact) mass is 249 g/mol. The Hall–Kier alpha value is -1.50. The summed E-state index contributed by atoms with van der Waals surface area (Å²) >= 11 is 0. The molecule has 1 aliphatic rings. The molecular weight excluding hydrogens is 226 g/mol. The zero-order valence-electron chi connectivity index (χ0n) is 11.6. The zero-order valence-corrected chi connectivity index (χ0v) is 11.6. The van der Waals surface area contributed by atoms with E-state index in [2.05, 4.69) is 17.1 Å². The van der Waals surface area contributed by atoms with Crippen LogP contribution in [0, 0.1) is 17.2 Å². The summed E-state index contributed by atoms with van der Waals surface area (Å²) < 4.78 is 0. The third-order valence-corrected chi connectivity index (χ3v) is 3.19. The SMILES string of the molecule is CC(C)CNC(=O)/C(C#N)=C\N1CCCCC1C. The van der Waals surface area contributed by atoms with Crippen LogP contribution in [0.2, 0.25) is 0 Å². The van der Waals surface area contributed by atoms with Crippen molar-refractivity contribution < 1.29 is 4.79 Å². The molecule has 18 heavy (non-hydrogen) atoms. The van der Waals surface area contributed by atoms with Crippen LogP contribution in [0.3, 0.4) is 0 Å². The maximum Gasteiger partial charge on any atom is 0.263 e. The Bertz CT molecular complexity index is 355. The normalized spacial score (nSPS) is 20.7. The van der Waals surface area contributed by atoms with E-state index in [-0.39, 0.29) is 11.5 Å². The molecule has 4 nitrogen and oxygen atoms in total. The van der Waals surface area contributed by atoms with Crippen LogP contribution in [-0.4, -0.2) is 29.9 Å². The number of nitrogens with zero attached hydrogens (tertiary/aromatic N) is 2. The Morgan fingerprint density at radius 3 is 2.83 bits per heavy atom. The molecule has 0 saturated carbocycles. The van der Waals surface area contributed by atoms with E-state index in [0.717, 1.165) is 19.4 Å². The van der Waals surface area contributed by atoms with Crippen LogP contribution in [-0.2, 0) is 4.79 Å². The van der Waals surface area contributed by atoms with E-state index in [1.54, 1.807) is 6.20 Å². The average Bonchev–Trinajstić information content (AvgIpc) is 2.35. The van der Waals surface area contributed by atoms with Gasteiger partial charge in [0.05, 0.1) is 0 Å². The molecule has 100 valence electrons. The Morgan fingerprint density at radius 1 is 1.56 bits per heavy atom. The van der Waals surface area contributed by atoms with E-state index in [9.17, 15) is 4.79 Å². The van der Waals surface area contributed by atoms with Crippen molar-refractivity contribution in [1.82, 2.24) is 10.2 Å². The lowest BCUT2D eigenvalue weighted by atomic mass is 10.0. The summed E-state index contributed by atoms with van der Waals surface area (Å²) in [5, 5.41) is 11.9. The van der Waals surface area contributed by atoms with E-state index in [4.69, 9.17) is 5.26 Å². The lowest BCUT2D eigenvalue weighted by Gasteiger charge is -2.32. The number of rotatable bonds is 4. The van der Waals surface area contributed by atoms with Crippen molar-refractivity contribution in [3.8, 4) is 6.07 Å². The van der Waals surface area contributed by atoms with Crippen LogP contribution in [0.25, 0.3) is 0 Å². The molecule has 1 aliphatic heterocycles. The van der Waals surface area contributed by atoms with E-state index in [1.165, 1.54) is 6.42 Å². The van der Waals surface area contributed by atoms with Crippen molar-refractivity contribution in [2.24, 2.45) is 5.92 Å². The average molecular weight is 249 g/mol. The second kappa shape index (κ2) is 7.05. The van der Waals surface area contributed by atoms with Gasteiger partial charge in [-0.1, -0.05) is 13.8 Å². The number of piperidine rings is 1. The first-order valence-corrected chi connectivity index (χ1v) is 6.70. The summed E-state index contributed by atoms with van der Waals surface area (Å²) in [5.41, 5.74) is 0.212. The minimum absolute atomic E-state index is 0.212. The minimum Gasteiger partial charge on any atom is -0.373 e. The third kappa shape index (κ3) is 4.40. The van der Waals surface area contributed by atoms with Crippen LogP contribution in [0.1, 0.15) is 40.0 Å². The van der Waals surface area contributed by atoms with Crippen molar-refractivity contribution in [1.29, 1.82) is 5.26 Å². The lowest BCUT2D eigenvalue weighted by Crippen LogP contribution is -2.35. The smallest absolute Gasteiger partial charge is 0.263 e. The first kappa shape index (κ1) is 14.6. The highest BCUT2D eigenvalue weighted by Gasteiger charge is 2.18. The van der Waals surface area contributed by atoms with Crippen LogP contribution in [0.5, 0.6) is 0 Å². The fourth-order valence-electron chi connectivity index (χ4n) is 2.01. The van der Waals surface area contributed by atoms with Gasteiger partial charge in [0.25, 0.3) is 5.91 Å². The fourth-order valence-corrected chi connectivity index (χ4v) is 2.01. The van der Waals surface area contributed by atoms with Gasteiger partial charge in [-0.2, -0.15) is 5.26 Å². The molecule has 0 aromatic rings. The number of likely N-dealkylation sites (tertiary alicyclic amines) is 1. The highest BCUT2D eigenvalue weighted by molar-refractivity contribution is 5.97. The quantitative estimate of drug-likeness (QED) is 0.613. The van der Waals surface area contributed by atoms with Gasteiger partial charge in [-0.05, 0) is 32.1 Å². The largest absolute Gasteiger partial charge is 0.373 e. The molecule has 0 radical (unpaired) electrons. The van der Waals surface area contributed by atoms with Gasteiger partial charge in [0.15, 0.2) is 0 Å². The van der Waals surface area contributed by atoms with Crippen LogP contribution in [0.4, 0.5) is 0 Å². The molecule has 1 saturated heterocycles. The van der Waals surface area contributed by atoms with Gasteiger partial charge >= 0.3 is 0 Å². The maximum atomic E-state index is 11.8. The van der Waals surface area contributed by atoms with Gasteiger partial charge in [-0.25, -0.2) is 0 Å².